The van der Waals surface area contributed by atoms with E-state index in [0.717, 1.165) is 25.0 Å². The molecule has 0 saturated carbocycles. The molecule has 3 aliphatic carbocycles. The first-order valence-corrected chi connectivity index (χ1v) is 28.6. The van der Waals surface area contributed by atoms with Crippen molar-refractivity contribution >= 4 is 72.3 Å². The largest absolute Gasteiger partial charge is 0.311 e. The van der Waals surface area contributed by atoms with Crippen LogP contribution in [0, 0.1) is 17.8 Å². The standard InChI is InChI=1S/C70H77BN2S/c1-16-49(38-52-44(3)65(4,5)27-28-66(52,6)7)73-60-34-43(2)33-59-63(60)71(62-51-39-53-56(42-61(51)74-64(62)73)70(14,15)32-29-67(53,8)9)57-40-54-55(69(12,13)31-30-68(54,10)11)41-58(57)72(59)50-36-47(45-23-19-17-20-24-45)35-48(37-50)46-25-21-18-22-26-46/h16-26,33-42H,1,27-32H2,2-15H3/b49-38+. The summed E-state index contributed by atoms with van der Waals surface area (Å²) in [6.45, 7) is 39.2. The van der Waals surface area contributed by atoms with Gasteiger partial charge in [-0.05, 0) is 223 Å². The maximum atomic E-state index is 4.72. The van der Waals surface area contributed by atoms with Gasteiger partial charge in [0.25, 0.3) is 6.71 Å². The molecule has 3 heterocycles. The number of anilines is 5. The zero-order valence-electron chi connectivity index (χ0n) is 47.0. The summed E-state index contributed by atoms with van der Waals surface area (Å²) in [5.41, 5.74) is 25.8. The first-order valence-electron chi connectivity index (χ1n) is 27.8. The second-order valence-corrected chi connectivity index (χ2v) is 28.1. The van der Waals surface area contributed by atoms with Crippen LogP contribution in [0.5, 0.6) is 0 Å². The van der Waals surface area contributed by atoms with E-state index in [1.807, 2.05) is 11.3 Å². The maximum absolute atomic E-state index is 4.72. The number of fused-ring (bicyclic) bond motifs is 8. The molecule has 0 spiro atoms. The molecule has 0 saturated heterocycles. The molecule has 0 amide bonds. The number of benzene rings is 6. The summed E-state index contributed by atoms with van der Waals surface area (Å²) in [6, 6.07) is 45.1. The van der Waals surface area contributed by atoms with Crippen molar-refractivity contribution in [3.8, 4) is 22.3 Å². The van der Waals surface area contributed by atoms with Crippen molar-refractivity contribution in [1.29, 1.82) is 0 Å². The molecule has 2 aliphatic heterocycles. The highest BCUT2D eigenvalue weighted by Gasteiger charge is 2.49. The second-order valence-electron chi connectivity index (χ2n) is 27.1. The van der Waals surface area contributed by atoms with E-state index in [1.165, 1.54) is 135 Å². The molecule has 0 N–H and O–H groups in total. The Kier molecular flexibility index (Phi) is 11.0. The van der Waals surface area contributed by atoms with E-state index in [2.05, 4.69) is 234 Å². The van der Waals surface area contributed by atoms with E-state index in [9.17, 15) is 0 Å². The molecule has 0 unspecified atom stereocenters. The highest BCUT2D eigenvalue weighted by molar-refractivity contribution is 7.26. The van der Waals surface area contributed by atoms with Crippen molar-refractivity contribution in [3.05, 3.63) is 179 Å². The van der Waals surface area contributed by atoms with Crippen molar-refractivity contribution in [2.75, 3.05) is 9.80 Å². The molecule has 2 nitrogen and oxygen atoms in total. The zero-order valence-corrected chi connectivity index (χ0v) is 47.8. The van der Waals surface area contributed by atoms with Crippen molar-refractivity contribution in [2.45, 2.75) is 157 Å². The average molecular weight is 989 g/mol. The third-order valence-corrected chi connectivity index (χ3v) is 20.6. The van der Waals surface area contributed by atoms with Gasteiger partial charge in [-0.3, -0.25) is 0 Å². The van der Waals surface area contributed by atoms with Crippen molar-refractivity contribution in [2.24, 2.45) is 10.8 Å². The Bertz CT molecular complexity index is 3500. The van der Waals surface area contributed by atoms with Gasteiger partial charge in [-0.2, -0.15) is 0 Å². The Morgan fingerprint density at radius 3 is 1.58 bits per heavy atom. The lowest BCUT2D eigenvalue weighted by Gasteiger charge is -2.47. The van der Waals surface area contributed by atoms with E-state index in [0.29, 0.717) is 0 Å². The SMILES string of the molecule is C=C/C(=C\C1=C(C)C(C)(C)CCC1(C)C)N1c2cc(C)cc3c2B(c2cc4c(cc2N3c2cc(-c3ccccc3)cc(-c3ccccc3)c2)C(C)(C)CCC4(C)C)c2c1sc1cc3c(cc21)C(C)(C)CCC3(C)C. The van der Waals surface area contributed by atoms with Gasteiger partial charge < -0.3 is 9.80 Å². The van der Waals surface area contributed by atoms with Gasteiger partial charge in [-0.25, -0.2) is 0 Å². The second kappa shape index (κ2) is 16.6. The Morgan fingerprint density at radius 1 is 0.514 bits per heavy atom. The molecule has 0 bridgehead atoms. The van der Waals surface area contributed by atoms with Gasteiger partial charge in [0.15, 0.2) is 0 Å². The Balaban J connectivity index is 1.23. The molecular weight excluding hydrogens is 912 g/mol. The van der Waals surface area contributed by atoms with Gasteiger partial charge in [-0.15, -0.1) is 11.3 Å². The van der Waals surface area contributed by atoms with Crippen LogP contribution in [0.3, 0.4) is 0 Å². The lowest BCUT2D eigenvalue weighted by molar-refractivity contribution is 0.267. The van der Waals surface area contributed by atoms with Crippen LogP contribution < -0.4 is 26.2 Å². The van der Waals surface area contributed by atoms with Gasteiger partial charge in [0.2, 0.25) is 0 Å². The molecule has 6 aromatic carbocycles. The predicted molar refractivity (Wildman–Crippen MR) is 324 cm³/mol. The molecule has 1 aromatic heterocycles. The van der Waals surface area contributed by atoms with Gasteiger partial charge in [0, 0.05) is 33.1 Å². The number of allylic oxidation sites excluding steroid dienone is 4. The molecule has 7 aromatic rings. The van der Waals surface area contributed by atoms with Crippen LogP contribution in [0.4, 0.5) is 27.8 Å². The summed E-state index contributed by atoms with van der Waals surface area (Å²) < 4.78 is 1.39. The van der Waals surface area contributed by atoms with Crippen molar-refractivity contribution in [1.82, 2.24) is 0 Å². The molecule has 0 fully saturated rings. The fourth-order valence-corrected chi connectivity index (χ4v) is 15.4. The monoisotopic (exact) mass is 989 g/mol. The van der Waals surface area contributed by atoms with Gasteiger partial charge in [0.1, 0.15) is 0 Å². The molecule has 0 radical (unpaired) electrons. The van der Waals surface area contributed by atoms with Crippen LogP contribution in [0.15, 0.2) is 151 Å². The minimum atomic E-state index is -0.00118. The van der Waals surface area contributed by atoms with E-state index < -0.39 is 0 Å². The fraction of sp³-hybridized carbons (Fsp3) is 0.371. The highest BCUT2D eigenvalue weighted by Crippen LogP contribution is 2.55. The molecule has 5 aliphatic rings. The Hall–Kier alpha value is -5.84. The zero-order chi connectivity index (χ0) is 52.2. The minimum absolute atomic E-state index is 0.00118. The fourth-order valence-electron chi connectivity index (χ4n) is 14.1. The topological polar surface area (TPSA) is 6.48 Å². The molecule has 4 heteroatoms. The predicted octanol–water partition coefficient (Wildman–Crippen LogP) is 18.2. The maximum Gasteiger partial charge on any atom is 0.254 e. The lowest BCUT2D eigenvalue weighted by atomic mass is 9.33. The quantitative estimate of drug-likeness (QED) is 0.121. The van der Waals surface area contributed by atoms with Crippen LogP contribution in [0.25, 0.3) is 32.3 Å². The minimum Gasteiger partial charge on any atom is -0.311 e. The smallest absolute Gasteiger partial charge is 0.254 e. The van der Waals surface area contributed by atoms with Gasteiger partial charge in [-0.1, -0.05) is 162 Å². The molecule has 376 valence electrons. The molecule has 12 rings (SSSR count). The number of hydrogen-bond acceptors (Lipinski definition) is 3. The summed E-state index contributed by atoms with van der Waals surface area (Å²) in [5, 5.41) is 2.74. The van der Waals surface area contributed by atoms with E-state index in [4.69, 9.17) is 6.58 Å². The summed E-state index contributed by atoms with van der Waals surface area (Å²) >= 11 is 2.01. The summed E-state index contributed by atoms with van der Waals surface area (Å²) in [6.07, 6.45) is 11.7. The Labute approximate surface area is 448 Å². The summed E-state index contributed by atoms with van der Waals surface area (Å²) in [7, 11) is 0. The van der Waals surface area contributed by atoms with Crippen LogP contribution in [0.2, 0.25) is 0 Å². The summed E-state index contributed by atoms with van der Waals surface area (Å²) in [5.74, 6) is 0. The normalized spacial score (nSPS) is 20.4. The van der Waals surface area contributed by atoms with E-state index >= 15 is 0 Å². The highest BCUT2D eigenvalue weighted by atomic mass is 32.1. The van der Waals surface area contributed by atoms with Gasteiger partial charge >= 0.3 is 0 Å². The third kappa shape index (κ3) is 7.53. The number of hydrogen-bond donors (Lipinski definition) is 0. The van der Waals surface area contributed by atoms with Crippen LogP contribution >= 0.6 is 11.3 Å². The lowest BCUT2D eigenvalue weighted by Crippen LogP contribution is -2.61. The first kappa shape index (κ1) is 49.1. The number of aryl methyl sites for hydroxylation is 1. The van der Waals surface area contributed by atoms with Crippen LogP contribution in [-0.2, 0) is 21.7 Å². The summed E-state index contributed by atoms with van der Waals surface area (Å²) in [4.78, 5) is 5.36. The molecular formula is C70H77BN2S. The average Bonchev–Trinajstić information content (AvgIpc) is 3.76. The van der Waals surface area contributed by atoms with Gasteiger partial charge in [0.05, 0.1) is 5.00 Å². The van der Waals surface area contributed by atoms with E-state index in [-0.39, 0.29) is 39.2 Å². The number of rotatable bonds is 6. The van der Waals surface area contributed by atoms with Crippen molar-refractivity contribution < 1.29 is 0 Å². The first-order chi connectivity index (χ1) is 34.9. The van der Waals surface area contributed by atoms with Crippen molar-refractivity contribution in [3.63, 3.8) is 0 Å². The molecule has 74 heavy (non-hydrogen) atoms. The van der Waals surface area contributed by atoms with Crippen LogP contribution in [-0.4, -0.2) is 6.71 Å². The Morgan fingerprint density at radius 2 is 1.01 bits per heavy atom. The number of thiophene rings is 1. The van der Waals surface area contributed by atoms with E-state index in [1.54, 1.807) is 0 Å². The third-order valence-electron chi connectivity index (χ3n) is 19.4. The van der Waals surface area contributed by atoms with Crippen LogP contribution in [0.1, 0.15) is 156 Å². The molecule has 0 atom stereocenters. The number of nitrogens with zero attached hydrogens (tertiary/aromatic N) is 2.